The van der Waals surface area contributed by atoms with Crippen molar-refractivity contribution in [3.63, 3.8) is 0 Å². The number of methoxy groups -OCH3 is 1. The summed E-state index contributed by atoms with van der Waals surface area (Å²) in [5, 5.41) is 5.82. The summed E-state index contributed by atoms with van der Waals surface area (Å²) >= 11 is 0. The van der Waals surface area contributed by atoms with E-state index in [1.807, 2.05) is 25.3 Å². The molecule has 1 rings (SSSR count). The van der Waals surface area contributed by atoms with Crippen LogP contribution < -0.4 is 15.4 Å². The SMILES string of the molecule is C=C=C/C=C(\NC)c1cc(NC(C)=O)ccc1OC. The third-order valence-electron chi connectivity index (χ3n) is 2.45. The van der Waals surface area contributed by atoms with Crippen molar-refractivity contribution < 1.29 is 9.53 Å². The van der Waals surface area contributed by atoms with Crippen molar-refractivity contribution in [2.45, 2.75) is 6.92 Å². The minimum absolute atomic E-state index is 0.114. The summed E-state index contributed by atoms with van der Waals surface area (Å²) in [5.74, 6) is 0.601. The summed E-state index contributed by atoms with van der Waals surface area (Å²) in [7, 11) is 3.42. The van der Waals surface area contributed by atoms with Crippen molar-refractivity contribution in [2.75, 3.05) is 19.5 Å². The maximum Gasteiger partial charge on any atom is 0.221 e. The van der Waals surface area contributed by atoms with Gasteiger partial charge in [0.1, 0.15) is 5.75 Å². The van der Waals surface area contributed by atoms with Crippen LogP contribution in [0.2, 0.25) is 0 Å². The molecule has 2 N–H and O–H groups in total. The fourth-order valence-electron chi connectivity index (χ4n) is 1.65. The molecule has 1 amide bonds. The molecule has 0 bridgehead atoms. The Kier molecular flexibility index (Phi) is 5.45. The van der Waals surface area contributed by atoms with E-state index in [1.54, 1.807) is 19.3 Å². The lowest BCUT2D eigenvalue weighted by molar-refractivity contribution is -0.114. The van der Waals surface area contributed by atoms with Gasteiger partial charge in [-0.1, -0.05) is 6.58 Å². The van der Waals surface area contributed by atoms with E-state index in [4.69, 9.17) is 4.74 Å². The van der Waals surface area contributed by atoms with E-state index in [0.717, 1.165) is 11.3 Å². The number of rotatable bonds is 5. The molecular formula is C15H18N2O2. The summed E-state index contributed by atoms with van der Waals surface area (Å²) < 4.78 is 5.32. The summed E-state index contributed by atoms with van der Waals surface area (Å²) in [6.45, 7) is 4.99. The minimum atomic E-state index is -0.114. The standard InChI is InChI=1S/C15H18N2O2/c1-5-6-7-14(16-3)13-10-12(17-11(2)18)8-9-15(13)19-4/h6-10,16H,1H2,2-4H3,(H,17,18)/b14-7-. The van der Waals surface area contributed by atoms with Gasteiger partial charge in [0.05, 0.1) is 7.11 Å². The number of hydrogen-bond donors (Lipinski definition) is 2. The average molecular weight is 258 g/mol. The molecule has 0 aliphatic heterocycles. The van der Waals surface area contributed by atoms with E-state index in [9.17, 15) is 4.79 Å². The van der Waals surface area contributed by atoms with Gasteiger partial charge in [-0.05, 0) is 30.4 Å². The van der Waals surface area contributed by atoms with Gasteiger partial charge in [-0.15, -0.1) is 5.73 Å². The highest BCUT2D eigenvalue weighted by Crippen LogP contribution is 2.27. The summed E-state index contributed by atoms with van der Waals surface area (Å²) in [6.07, 6.45) is 3.54. The van der Waals surface area contributed by atoms with E-state index in [0.29, 0.717) is 11.4 Å². The van der Waals surface area contributed by atoms with Crippen LogP contribution in [-0.4, -0.2) is 20.1 Å². The molecule has 0 aliphatic carbocycles. The molecule has 0 unspecified atom stereocenters. The number of anilines is 1. The summed E-state index contributed by atoms with van der Waals surface area (Å²) in [4.78, 5) is 11.1. The van der Waals surface area contributed by atoms with Gasteiger partial charge in [-0.25, -0.2) is 0 Å². The van der Waals surface area contributed by atoms with E-state index >= 15 is 0 Å². The van der Waals surface area contributed by atoms with Crippen LogP contribution in [0.4, 0.5) is 5.69 Å². The van der Waals surface area contributed by atoms with Crippen molar-refractivity contribution in [3.05, 3.63) is 48.2 Å². The van der Waals surface area contributed by atoms with Crippen LogP contribution in [0, 0.1) is 0 Å². The molecule has 0 radical (unpaired) electrons. The molecule has 19 heavy (non-hydrogen) atoms. The molecule has 0 heterocycles. The Morgan fingerprint density at radius 1 is 1.47 bits per heavy atom. The Bertz CT molecular complexity index is 541. The Morgan fingerprint density at radius 3 is 2.74 bits per heavy atom. The quantitative estimate of drug-likeness (QED) is 0.630. The zero-order valence-electron chi connectivity index (χ0n) is 11.4. The predicted molar refractivity (Wildman–Crippen MR) is 78.0 cm³/mol. The van der Waals surface area contributed by atoms with Gasteiger partial charge in [0, 0.05) is 30.9 Å². The zero-order valence-corrected chi connectivity index (χ0v) is 11.4. The third-order valence-corrected chi connectivity index (χ3v) is 2.45. The maximum atomic E-state index is 11.1. The average Bonchev–Trinajstić information content (AvgIpc) is 2.39. The van der Waals surface area contributed by atoms with Crippen LogP contribution >= 0.6 is 0 Å². The molecule has 0 atom stereocenters. The number of benzene rings is 1. The highest BCUT2D eigenvalue weighted by molar-refractivity contribution is 5.89. The van der Waals surface area contributed by atoms with E-state index in [2.05, 4.69) is 22.9 Å². The van der Waals surface area contributed by atoms with Gasteiger partial charge in [0.25, 0.3) is 0 Å². The van der Waals surface area contributed by atoms with E-state index in [-0.39, 0.29) is 5.91 Å². The summed E-state index contributed by atoms with van der Waals surface area (Å²) in [5.41, 5.74) is 5.10. The number of amides is 1. The Labute approximate surface area is 113 Å². The lowest BCUT2D eigenvalue weighted by atomic mass is 10.1. The normalized spacial score (nSPS) is 10.4. The summed E-state index contributed by atoms with van der Waals surface area (Å²) in [6, 6.07) is 5.45. The Hall–Kier alpha value is -2.45. The van der Waals surface area contributed by atoms with E-state index < -0.39 is 0 Å². The highest BCUT2D eigenvalue weighted by Gasteiger charge is 2.08. The lowest BCUT2D eigenvalue weighted by Crippen LogP contribution is -2.09. The van der Waals surface area contributed by atoms with Crippen LogP contribution in [-0.2, 0) is 4.79 Å². The monoisotopic (exact) mass is 258 g/mol. The molecule has 0 saturated carbocycles. The molecule has 0 aliphatic rings. The molecule has 0 fully saturated rings. The highest BCUT2D eigenvalue weighted by atomic mass is 16.5. The number of carbonyl (C=O) groups is 1. The molecule has 0 saturated heterocycles. The molecule has 1 aromatic rings. The van der Waals surface area contributed by atoms with Crippen molar-refractivity contribution in [1.29, 1.82) is 0 Å². The first-order valence-electron chi connectivity index (χ1n) is 5.82. The topological polar surface area (TPSA) is 50.4 Å². The van der Waals surface area contributed by atoms with Gasteiger partial charge in [-0.3, -0.25) is 4.79 Å². The van der Waals surface area contributed by atoms with Gasteiger partial charge in [0.15, 0.2) is 0 Å². The van der Waals surface area contributed by atoms with Crippen LogP contribution in [0.1, 0.15) is 12.5 Å². The van der Waals surface area contributed by atoms with Gasteiger partial charge < -0.3 is 15.4 Å². The second kappa shape index (κ2) is 7.09. The molecule has 1 aromatic carbocycles. The van der Waals surface area contributed by atoms with E-state index in [1.165, 1.54) is 6.92 Å². The zero-order chi connectivity index (χ0) is 14.3. The van der Waals surface area contributed by atoms with Crippen LogP contribution in [0.3, 0.4) is 0 Å². The predicted octanol–water partition coefficient (Wildman–Crippen LogP) is 2.56. The number of hydrogen-bond acceptors (Lipinski definition) is 3. The van der Waals surface area contributed by atoms with Gasteiger partial charge >= 0.3 is 0 Å². The lowest BCUT2D eigenvalue weighted by Gasteiger charge is -2.13. The van der Waals surface area contributed by atoms with Crippen molar-refractivity contribution in [3.8, 4) is 5.75 Å². The number of ether oxygens (including phenoxy) is 1. The van der Waals surface area contributed by atoms with Crippen molar-refractivity contribution >= 4 is 17.3 Å². The maximum absolute atomic E-state index is 11.1. The Balaban J connectivity index is 3.27. The van der Waals surface area contributed by atoms with Crippen LogP contribution in [0.25, 0.3) is 5.70 Å². The van der Waals surface area contributed by atoms with Gasteiger partial charge in [0.2, 0.25) is 5.91 Å². The second-order valence-electron chi connectivity index (χ2n) is 3.80. The molecule has 4 nitrogen and oxygen atoms in total. The van der Waals surface area contributed by atoms with Crippen LogP contribution in [0.15, 0.2) is 42.7 Å². The first kappa shape index (κ1) is 14.6. The number of allylic oxidation sites excluding steroid dienone is 2. The van der Waals surface area contributed by atoms with Gasteiger partial charge in [-0.2, -0.15) is 0 Å². The molecule has 0 aromatic heterocycles. The third kappa shape index (κ3) is 4.05. The first-order valence-corrected chi connectivity index (χ1v) is 5.82. The molecular weight excluding hydrogens is 240 g/mol. The molecule has 4 heteroatoms. The second-order valence-corrected chi connectivity index (χ2v) is 3.80. The Morgan fingerprint density at radius 2 is 2.21 bits per heavy atom. The fourth-order valence-corrected chi connectivity index (χ4v) is 1.65. The number of carbonyl (C=O) groups excluding carboxylic acids is 1. The first-order chi connectivity index (χ1) is 9.12. The molecule has 100 valence electrons. The van der Waals surface area contributed by atoms with Crippen molar-refractivity contribution in [1.82, 2.24) is 5.32 Å². The van der Waals surface area contributed by atoms with Crippen molar-refractivity contribution in [2.24, 2.45) is 0 Å². The fraction of sp³-hybridized carbons (Fsp3) is 0.200. The largest absolute Gasteiger partial charge is 0.496 e. The number of nitrogens with one attached hydrogen (secondary N) is 2. The molecule has 0 spiro atoms. The smallest absolute Gasteiger partial charge is 0.221 e. The minimum Gasteiger partial charge on any atom is -0.496 e. The van der Waals surface area contributed by atoms with Crippen LogP contribution in [0.5, 0.6) is 5.75 Å².